The summed E-state index contributed by atoms with van der Waals surface area (Å²) in [5, 5.41) is 1.25. The van der Waals surface area contributed by atoms with Crippen LogP contribution < -0.4 is 0 Å². The highest BCUT2D eigenvalue weighted by Gasteiger charge is 2.17. The number of thiophene rings is 1. The molecule has 2 aliphatic rings. The van der Waals surface area contributed by atoms with Crippen molar-refractivity contribution in [2.24, 2.45) is 11.8 Å². The van der Waals surface area contributed by atoms with Gasteiger partial charge in [-0.15, -0.1) is 24.0 Å². The van der Waals surface area contributed by atoms with Gasteiger partial charge in [0.2, 0.25) is 0 Å². The first-order valence-electron chi connectivity index (χ1n) is 10.2. The Bertz CT molecular complexity index is 1250. The lowest BCUT2D eigenvalue weighted by atomic mass is 9.97. The van der Waals surface area contributed by atoms with Crippen molar-refractivity contribution in [1.29, 1.82) is 0 Å². The van der Waals surface area contributed by atoms with E-state index in [1.54, 1.807) is 0 Å². The van der Waals surface area contributed by atoms with Gasteiger partial charge in [0.1, 0.15) is 0 Å². The Hall–Kier alpha value is -2.29. The molecule has 0 saturated carbocycles. The zero-order valence-electron chi connectivity index (χ0n) is 16.9. The fourth-order valence-corrected chi connectivity index (χ4v) is 5.80. The van der Waals surface area contributed by atoms with E-state index in [1.807, 2.05) is 11.3 Å². The molecule has 0 N–H and O–H groups in total. The van der Waals surface area contributed by atoms with Crippen LogP contribution in [0.3, 0.4) is 0 Å². The predicted molar refractivity (Wildman–Crippen MR) is 134 cm³/mol. The van der Waals surface area contributed by atoms with Gasteiger partial charge in [0.15, 0.2) is 0 Å². The monoisotopic (exact) mass is 412 g/mol. The average Bonchev–Trinajstić information content (AvgIpc) is 2.83. The van der Waals surface area contributed by atoms with Crippen LogP contribution in [0.5, 0.6) is 0 Å². The Kier molecular flexibility index (Phi) is 4.64. The van der Waals surface area contributed by atoms with Crippen molar-refractivity contribution < 1.29 is 0 Å². The highest BCUT2D eigenvalue weighted by atomic mass is 32.1. The lowest BCUT2D eigenvalue weighted by molar-refractivity contribution is 0.954. The molecule has 1 heterocycles. The lowest BCUT2D eigenvalue weighted by Gasteiger charge is -2.10. The van der Waals surface area contributed by atoms with Crippen LogP contribution in [0.25, 0.3) is 44.8 Å². The summed E-state index contributed by atoms with van der Waals surface area (Å²) in [7, 11) is 0. The second-order valence-corrected chi connectivity index (χ2v) is 9.71. The van der Waals surface area contributed by atoms with E-state index in [9.17, 15) is 0 Å². The largest absolute Gasteiger partial charge is 0.141 e. The molecule has 0 amide bonds. The maximum atomic E-state index is 4.98. The van der Waals surface area contributed by atoms with Crippen molar-refractivity contribution in [3.8, 4) is 10.4 Å². The number of aryl methyl sites for hydroxylation is 1. The SMILES string of the molecule is Cc1cc2c(cc1-c1sc3cc4c(cc3c1S)C=CC(C)C=C4)C=CC(C)C=C2. The summed E-state index contributed by atoms with van der Waals surface area (Å²) in [6, 6.07) is 9.26. The van der Waals surface area contributed by atoms with Gasteiger partial charge in [-0.05, 0) is 70.3 Å². The molecule has 2 aliphatic carbocycles. The van der Waals surface area contributed by atoms with Gasteiger partial charge in [-0.2, -0.15) is 0 Å². The predicted octanol–water partition coefficient (Wildman–Crippen LogP) is 8.52. The molecule has 0 saturated heterocycles. The first-order valence-corrected chi connectivity index (χ1v) is 11.4. The Morgan fingerprint density at radius 2 is 1.24 bits per heavy atom. The fraction of sp³-hybridized carbons (Fsp3) is 0.185. The van der Waals surface area contributed by atoms with Crippen molar-refractivity contribution in [2.45, 2.75) is 25.7 Å². The summed E-state index contributed by atoms with van der Waals surface area (Å²) in [5.41, 5.74) is 7.74. The van der Waals surface area contributed by atoms with Crippen molar-refractivity contribution >= 4 is 58.4 Å². The first kappa shape index (κ1) is 18.7. The van der Waals surface area contributed by atoms with Gasteiger partial charge in [-0.1, -0.05) is 68.5 Å². The highest BCUT2D eigenvalue weighted by molar-refractivity contribution is 7.81. The molecule has 2 unspecified atom stereocenters. The third-order valence-electron chi connectivity index (χ3n) is 5.86. The van der Waals surface area contributed by atoms with E-state index in [0.29, 0.717) is 11.8 Å². The molecule has 29 heavy (non-hydrogen) atoms. The second-order valence-electron chi connectivity index (χ2n) is 8.21. The number of hydrogen-bond donors (Lipinski definition) is 1. The minimum absolute atomic E-state index is 0.468. The van der Waals surface area contributed by atoms with E-state index in [1.165, 1.54) is 48.3 Å². The summed E-state index contributed by atoms with van der Waals surface area (Å²) in [6.07, 6.45) is 18.1. The van der Waals surface area contributed by atoms with Crippen LogP contribution in [0.2, 0.25) is 0 Å². The minimum atomic E-state index is 0.468. The summed E-state index contributed by atoms with van der Waals surface area (Å²) in [4.78, 5) is 2.35. The van der Waals surface area contributed by atoms with Gasteiger partial charge in [0.25, 0.3) is 0 Å². The van der Waals surface area contributed by atoms with E-state index < -0.39 is 0 Å². The molecule has 2 heteroatoms. The molecular formula is C27H24S2. The van der Waals surface area contributed by atoms with Gasteiger partial charge in [0.05, 0.1) is 0 Å². The van der Waals surface area contributed by atoms with Gasteiger partial charge < -0.3 is 0 Å². The van der Waals surface area contributed by atoms with Crippen LogP contribution in [0.15, 0.2) is 53.5 Å². The molecule has 2 aromatic carbocycles. The molecule has 2 atom stereocenters. The lowest BCUT2D eigenvalue weighted by Crippen LogP contribution is -1.88. The summed E-state index contributed by atoms with van der Waals surface area (Å²) in [6.45, 7) is 6.65. The van der Waals surface area contributed by atoms with Crippen LogP contribution in [-0.2, 0) is 0 Å². The van der Waals surface area contributed by atoms with Gasteiger partial charge >= 0.3 is 0 Å². The maximum absolute atomic E-state index is 4.98. The van der Waals surface area contributed by atoms with Crippen molar-refractivity contribution in [2.75, 3.05) is 0 Å². The van der Waals surface area contributed by atoms with Gasteiger partial charge in [-0.25, -0.2) is 0 Å². The third kappa shape index (κ3) is 3.35. The molecule has 1 aromatic heterocycles. The number of thiol groups is 1. The number of fused-ring (bicyclic) bond motifs is 3. The minimum Gasteiger partial charge on any atom is -0.141 e. The Balaban J connectivity index is 1.68. The number of hydrogen-bond acceptors (Lipinski definition) is 2. The molecule has 0 radical (unpaired) electrons. The number of benzene rings is 2. The molecule has 0 nitrogen and oxygen atoms in total. The van der Waals surface area contributed by atoms with Gasteiger partial charge in [0, 0.05) is 19.9 Å². The molecule has 0 fully saturated rings. The summed E-state index contributed by atoms with van der Waals surface area (Å²) in [5.74, 6) is 0.939. The number of rotatable bonds is 1. The number of allylic oxidation sites excluding steroid dienone is 4. The highest BCUT2D eigenvalue weighted by Crippen LogP contribution is 2.44. The molecule has 0 bridgehead atoms. The van der Waals surface area contributed by atoms with E-state index in [2.05, 4.69) is 93.6 Å². The van der Waals surface area contributed by atoms with Crippen LogP contribution in [0.1, 0.15) is 41.7 Å². The quantitative estimate of drug-likeness (QED) is 0.380. The Labute approximate surface area is 182 Å². The molecule has 0 spiro atoms. The Morgan fingerprint density at radius 1 is 0.724 bits per heavy atom. The molecule has 3 aromatic rings. The summed E-state index contributed by atoms with van der Waals surface area (Å²) >= 11 is 6.84. The average molecular weight is 413 g/mol. The van der Waals surface area contributed by atoms with Crippen LogP contribution in [0.4, 0.5) is 0 Å². The zero-order valence-corrected chi connectivity index (χ0v) is 18.6. The van der Waals surface area contributed by atoms with Crippen molar-refractivity contribution in [3.63, 3.8) is 0 Å². The standard InChI is InChI=1S/C27H24S2/c1-16-4-8-19-12-18(3)23(13-20(19)9-5-16)27-26(28)24-14-21-10-6-17(2)7-11-22(21)15-25(24)29-27/h4-17,28H,1-3H3. The first-order chi connectivity index (χ1) is 14.0. The van der Waals surface area contributed by atoms with Crippen molar-refractivity contribution in [3.05, 3.63) is 76.4 Å². The van der Waals surface area contributed by atoms with Gasteiger partial charge in [-0.3, -0.25) is 0 Å². The normalized spacial score (nSPS) is 19.9. The summed E-state index contributed by atoms with van der Waals surface area (Å²) < 4.78 is 1.30. The molecule has 0 aliphatic heterocycles. The second kappa shape index (κ2) is 7.19. The van der Waals surface area contributed by atoms with Crippen molar-refractivity contribution in [1.82, 2.24) is 0 Å². The van der Waals surface area contributed by atoms with E-state index >= 15 is 0 Å². The third-order valence-corrected chi connectivity index (χ3v) is 7.66. The van der Waals surface area contributed by atoms with Crippen LogP contribution in [-0.4, -0.2) is 0 Å². The van der Waals surface area contributed by atoms with Crippen LogP contribution >= 0.6 is 24.0 Å². The zero-order chi connectivity index (χ0) is 20.1. The Morgan fingerprint density at radius 3 is 1.86 bits per heavy atom. The smallest absolute Gasteiger partial charge is 0.0491 e. The van der Waals surface area contributed by atoms with E-state index in [-0.39, 0.29) is 0 Å². The molecular weight excluding hydrogens is 388 g/mol. The molecule has 5 rings (SSSR count). The topological polar surface area (TPSA) is 0 Å². The fourth-order valence-electron chi connectivity index (χ4n) is 4.06. The van der Waals surface area contributed by atoms with E-state index in [0.717, 1.165) is 4.90 Å². The maximum Gasteiger partial charge on any atom is 0.0491 e. The van der Waals surface area contributed by atoms with Crippen LogP contribution in [0, 0.1) is 18.8 Å². The van der Waals surface area contributed by atoms with E-state index in [4.69, 9.17) is 12.6 Å². The molecule has 144 valence electrons.